The SMILES string of the molecule is Cc1ccc(C(NC(=O)C2CCN(S(=O)(=O)c3cc(C(N)=O)n(C)c3)CC2)c2ccccc2)cc1. The molecule has 0 saturated carbocycles. The van der Waals surface area contributed by atoms with Crippen LogP contribution in [0.2, 0.25) is 0 Å². The van der Waals surface area contributed by atoms with Gasteiger partial charge in [-0.2, -0.15) is 4.31 Å². The van der Waals surface area contributed by atoms with Gasteiger partial charge in [0, 0.05) is 32.3 Å². The molecule has 2 amide bonds. The number of hydrogen-bond donors (Lipinski definition) is 2. The van der Waals surface area contributed by atoms with Crippen LogP contribution in [0.25, 0.3) is 0 Å². The second-order valence-electron chi connectivity index (χ2n) is 8.98. The van der Waals surface area contributed by atoms with Gasteiger partial charge in [-0.05, 0) is 37.0 Å². The number of nitrogens with zero attached hydrogens (tertiary/aromatic N) is 2. The number of sulfonamides is 1. The minimum atomic E-state index is -3.79. The van der Waals surface area contributed by atoms with E-state index in [9.17, 15) is 18.0 Å². The van der Waals surface area contributed by atoms with Crippen LogP contribution >= 0.6 is 0 Å². The maximum atomic E-state index is 13.2. The Morgan fingerprint density at radius 1 is 1.00 bits per heavy atom. The van der Waals surface area contributed by atoms with E-state index in [1.54, 1.807) is 7.05 Å². The summed E-state index contributed by atoms with van der Waals surface area (Å²) in [6.07, 6.45) is 2.21. The highest BCUT2D eigenvalue weighted by molar-refractivity contribution is 7.89. The molecule has 184 valence electrons. The molecule has 1 atom stereocenters. The molecule has 3 aromatic rings. The molecule has 0 aliphatic carbocycles. The number of aryl methyl sites for hydroxylation is 2. The largest absolute Gasteiger partial charge is 0.364 e. The lowest BCUT2D eigenvalue weighted by Crippen LogP contribution is -2.43. The van der Waals surface area contributed by atoms with E-state index >= 15 is 0 Å². The molecular weight excluding hydrogens is 464 g/mol. The van der Waals surface area contributed by atoms with Gasteiger partial charge >= 0.3 is 0 Å². The molecule has 1 aliphatic rings. The number of hydrogen-bond acceptors (Lipinski definition) is 4. The van der Waals surface area contributed by atoms with Gasteiger partial charge in [0.15, 0.2) is 0 Å². The van der Waals surface area contributed by atoms with E-state index in [2.05, 4.69) is 5.32 Å². The Balaban J connectivity index is 1.45. The number of carbonyl (C=O) groups is 2. The molecule has 0 bridgehead atoms. The standard InChI is InChI=1S/C26H30N4O4S/c1-18-8-10-20(11-9-18)24(19-6-4-3-5-7-19)28-26(32)21-12-14-30(15-13-21)35(33,34)22-16-23(25(27)31)29(2)17-22/h3-11,16-17,21,24H,12-15H2,1-2H3,(H2,27,31)(H,28,32). The van der Waals surface area contributed by atoms with E-state index in [1.807, 2.05) is 61.5 Å². The van der Waals surface area contributed by atoms with Gasteiger partial charge in [0.1, 0.15) is 10.6 Å². The molecule has 1 unspecified atom stereocenters. The molecule has 1 fully saturated rings. The van der Waals surface area contributed by atoms with E-state index in [0.29, 0.717) is 12.8 Å². The molecular formula is C26H30N4O4S. The average molecular weight is 495 g/mol. The maximum absolute atomic E-state index is 13.2. The number of aromatic nitrogens is 1. The predicted molar refractivity (Wildman–Crippen MR) is 133 cm³/mol. The van der Waals surface area contributed by atoms with Crippen LogP contribution in [0.4, 0.5) is 0 Å². The van der Waals surface area contributed by atoms with E-state index in [0.717, 1.165) is 16.7 Å². The van der Waals surface area contributed by atoms with E-state index in [1.165, 1.54) is 21.1 Å². The molecule has 0 radical (unpaired) electrons. The second kappa shape index (κ2) is 10.1. The van der Waals surface area contributed by atoms with Gasteiger partial charge in [-0.3, -0.25) is 9.59 Å². The van der Waals surface area contributed by atoms with Crippen molar-refractivity contribution in [1.82, 2.24) is 14.2 Å². The number of benzene rings is 2. The topological polar surface area (TPSA) is 114 Å². The first kappa shape index (κ1) is 24.7. The van der Waals surface area contributed by atoms with Crippen molar-refractivity contribution in [3.05, 3.63) is 89.2 Å². The molecule has 8 nitrogen and oxygen atoms in total. The quantitative estimate of drug-likeness (QED) is 0.526. The van der Waals surface area contributed by atoms with Crippen LogP contribution in [0.5, 0.6) is 0 Å². The Morgan fingerprint density at radius 2 is 1.60 bits per heavy atom. The van der Waals surface area contributed by atoms with E-state index < -0.39 is 15.9 Å². The van der Waals surface area contributed by atoms with Crippen molar-refractivity contribution >= 4 is 21.8 Å². The molecule has 1 aliphatic heterocycles. The Hall–Kier alpha value is -3.43. The number of nitrogens with one attached hydrogen (secondary N) is 1. The molecule has 35 heavy (non-hydrogen) atoms. The van der Waals surface area contributed by atoms with Crippen LogP contribution in [0, 0.1) is 12.8 Å². The number of amides is 2. The molecule has 0 spiro atoms. The Kier molecular flexibility index (Phi) is 7.09. The molecule has 3 N–H and O–H groups in total. The Labute approximate surface area is 205 Å². The van der Waals surface area contributed by atoms with E-state index in [-0.39, 0.29) is 41.5 Å². The Bertz CT molecular complexity index is 1310. The zero-order valence-electron chi connectivity index (χ0n) is 19.8. The average Bonchev–Trinajstić information content (AvgIpc) is 3.26. The summed E-state index contributed by atoms with van der Waals surface area (Å²) >= 11 is 0. The zero-order valence-corrected chi connectivity index (χ0v) is 20.7. The third-order valence-electron chi connectivity index (χ3n) is 6.52. The summed E-state index contributed by atoms with van der Waals surface area (Å²) in [5.74, 6) is -1.08. The maximum Gasteiger partial charge on any atom is 0.265 e. The third kappa shape index (κ3) is 5.31. The van der Waals surface area contributed by atoms with Gasteiger partial charge in [0.25, 0.3) is 5.91 Å². The number of rotatable bonds is 7. The fourth-order valence-corrected chi connectivity index (χ4v) is 5.99. The molecule has 2 aromatic carbocycles. The summed E-state index contributed by atoms with van der Waals surface area (Å²) in [5.41, 5.74) is 8.56. The normalized spacial score (nSPS) is 16.1. The first-order valence-electron chi connectivity index (χ1n) is 11.5. The van der Waals surface area contributed by atoms with Crippen molar-refractivity contribution in [2.75, 3.05) is 13.1 Å². The van der Waals surface area contributed by atoms with Crippen LogP contribution < -0.4 is 11.1 Å². The highest BCUT2D eigenvalue weighted by Crippen LogP contribution is 2.27. The lowest BCUT2D eigenvalue weighted by Gasteiger charge is -2.31. The summed E-state index contributed by atoms with van der Waals surface area (Å²) in [7, 11) is -2.21. The predicted octanol–water partition coefficient (Wildman–Crippen LogP) is 2.74. The van der Waals surface area contributed by atoms with Gasteiger partial charge in [-0.15, -0.1) is 0 Å². The number of piperidine rings is 1. The van der Waals surface area contributed by atoms with Crippen molar-refractivity contribution in [3.8, 4) is 0 Å². The fourth-order valence-electron chi connectivity index (χ4n) is 4.45. The molecule has 9 heteroatoms. The van der Waals surface area contributed by atoms with Gasteiger partial charge in [-0.25, -0.2) is 8.42 Å². The van der Waals surface area contributed by atoms with E-state index in [4.69, 9.17) is 5.73 Å². The first-order valence-corrected chi connectivity index (χ1v) is 13.0. The van der Waals surface area contributed by atoms with Crippen LogP contribution in [0.3, 0.4) is 0 Å². The van der Waals surface area contributed by atoms with Gasteiger partial charge in [0.05, 0.1) is 6.04 Å². The minimum Gasteiger partial charge on any atom is -0.364 e. The summed E-state index contributed by atoms with van der Waals surface area (Å²) in [5, 5.41) is 3.19. The lowest BCUT2D eigenvalue weighted by atomic mass is 9.94. The molecule has 2 heterocycles. The summed E-state index contributed by atoms with van der Waals surface area (Å²) in [6, 6.07) is 18.9. The van der Waals surface area contributed by atoms with Gasteiger partial charge in [0.2, 0.25) is 15.9 Å². The van der Waals surface area contributed by atoms with Crippen molar-refractivity contribution < 1.29 is 18.0 Å². The van der Waals surface area contributed by atoms with Crippen molar-refractivity contribution in [3.63, 3.8) is 0 Å². The van der Waals surface area contributed by atoms with Crippen LogP contribution in [0.15, 0.2) is 71.8 Å². The van der Waals surface area contributed by atoms with Gasteiger partial charge < -0.3 is 15.6 Å². The monoisotopic (exact) mass is 494 g/mol. The third-order valence-corrected chi connectivity index (χ3v) is 8.39. The number of primary amides is 1. The minimum absolute atomic E-state index is 0.0280. The van der Waals surface area contributed by atoms with Crippen molar-refractivity contribution in [1.29, 1.82) is 0 Å². The highest BCUT2D eigenvalue weighted by Gasteiger charge is 2.34. The van der Waals surface area contributed by atoms with Crippen molar-refractivity contribution in [2.45, 2.75) is 30.7 Å². The summed E-state index contributed by atoms with van der Waals surface area (Å²) in [6.45, 7) is 2.47. The fraction of sp³-hybridized carbons (Fsp3) is 0.308. The van der Waals surface area contributed by atoms with Crippen LogP contribution in [-0.2, 0) is 21.9 Å². The lowest BCUT2D eigenvalue weighted by molar-refractivity contribution is -0.126. The van der Waals surface area contributed by atoms with Crippen LogP contribution in [0.1, 0.15) is 46.1 Å². The van der Waals surface area contributed by atoms with Gasteiger partial charge in [-0.1, -0.05) is 60.2 Å². The smallest absolute Gasteiger partial charge is 0.265 e. The molecule has 1 saturated heterocycles. The molecule has 1 aromatic heterocycles. The first-order chi connectivity index (χ1) is 16.7. The Morgan fingerprint density at radius 3 is 2.17 bits per heavy atom. The van der Waals surface area contributed by atoms with Crippen LogP contribution in [-0.4, -0.2) is 42.2 Å². The second-order valence-corrected chi connectivity index (χ2v) is 10.9. The number of nitrogens with two attached hydrogens (primary N) is 1. The number of carbonyl (C=O) groups excluding carboxylic acids is 2. The molecule has 4 rings (SSSR count). The highest BCUT2D eigenvalue weighted by atomic mass is 32.2. The summed E-state index contributed by atoms with van der Waals surface area (Å²) in [4.78, 5) is 24.8. The zero-order chi connectivity index (χ0) is 25.2. The van der Waals surface area contributed by atoms with Crippen molar-refractivity contribution in [2.24, 2.45) is 18.7 Å². The summed E-state index contributed by atoms with van der Waals surface area (Å²) < 4.78 is 28.9.